The van der Waals surface area contributed by atoms with Gasteiger partial charge in [0.1, 0.15) is 0 Å². The predicted molar refractivity (Wildman–Crippen MR) is 111 cm³/mol. The van der Waals surface area contributed by atoms with Gasteiger partial charge in [-0.05, 0) is 124 Å². The van der Waals surface area contributed by atoms with Crippen molar-refractivity contribution in [2.75, 3.05) is 26.2 Å². The lowest BCUT2D eigenvalue weighted by molar-refractivity contribution is -0.0236. The average molecular weight is 376 g/mol. The first-order chi connectivity index (χ1) is 12.8. The van der Waals surface area contributed by atoms with Gasteiger partial charge < -0.3 is 9.64 Å². The second kappa shape index (κ2) is 9.21. The van der Waals surface area contributed by atoms with Crippen LogP contribution in [0, 0.1) is 11.3 Å². The van der Waals surface area contributed by atoms with Gasteiger partial charge in [-0.2, -0.15) is 11.3 Å². The maximum atomic E-state index is 6.24. The van der Waals surface area contributed by atoms with E-state index >= 15 is 0 Å². The minimum Gasteiger partial charge on any atom is -0.377 e. The topological polar surface area (TPSA) is 12.5 Å². The van der Waals surface area contributed by atoms with Gasteiger partial charge in [-0.3, -0.25) is 0 Å². The van der Waals surface area contributed by atoms with E-state index in [9.17, 15) is 0 Å². The molecular formula is C23H37NOS. The zero-order valence-corrected chi connectivity index (χ0v) is 17.3. The minimum absolute atomic E-state index is 0.555. The SMILES string of the molecule is c1cc(CCC2CCC3(CC2)CCC(OCCN2CCCC2)CC3)cs1. The first-order valence-electron chi connectivity index (χ1n) is 11.2. The van der Waals surface area contributed by atoms with Gasteiger partial charge in [-0.15, -0.1) is 0 Å². The minimum atomic E-state index is 0.555. The molecule has 2 nitrogen and oxygen atoms in total. The maximum Gasteiger partial charge on any atom is 0.0597 e. The van der Waals surface area contributed by atoms with Crippen LogP contribution in [0.25, 0.3) is 0 Å². The zero-order valence-electron chi connectivity index (χ0n) is 16.5. The monoisotopic (exact) mass is 375 g/mol. The Balaban J connectivity index is 1.12. The second-order valence-corrected chi connectivity index (χ2v) is 10.0. The molecule has 1 saturated heterocycles. The fraction of sp³-hybridized carbons (Fsp3) is 0.826. The van der Waals surface area contributed by atoms with Crippen LogP contribution < -0.4 is 0 Å². The van der Waals surface area contributed by atoms with Gasteiger partial charge in [0.05, 0.1) is 12.7 Å². The lowest BCUT2D eigenvalue weighted by Crippen LogP contribution is -2.35. The van der Waals surface area contributed by atoms with Crippen LogP contribution >= 0.6 is 11.3 Å². The normalized spacial score (nSPS) is 33.1. The first-order valence-corrected chi connectivity index (χ1v) is 12.1. The number of hydrogen-bond acceptors (Lipinski definition) is 3. The number of thiophene rings is 1. The van der Waals surface area contributed by atoms with E-state index in [1.807, 2.05) is 11.3 Å². The quantitative estimate of drug-likeness (QED) is 0.587. The summed E-state index contributed by atoms with van der Waals surface area (Å²) in [6.45, 7) is 4.71. The molecule has 2 heterocycles. The third-order valence-electron chi connectivity index (χ3n) is 7.54. The van der Waals surface area contributed by atoms with E-state index in [0.29, 0.717) is 11.5 Å². The van der Waals surface area contributed by atoms with Gasteiger partial charge in [0.15, 0.2) is 0 Å². The van der Waals surface area contributed by atoms with Crippen LogP contribution in [0.2, 0.25) is 0 Å². The molecule has 1 aliphatic heterocycles. The highest BCUT2D eigenvalue weighted by Gasteiger charge is 2.38. The molecule has 0 amide bonds. The Morgan fingerprint density at radius 3 is 2.46 bits per heavy atom. The van der Waals surface area contributed by atoms with E-state index in [4.69, 9.17) is 4.74 Å². The van der Waals surface area contributed by atoms with Gasteiger partial charge >= 0.3 is 0 Å². The molecule has 4 rings (SSSR count). The number of nitrogens with zero attached hydrogens (tertiary/aromatic N) is 1. The van der Waals surface area contributed by atoms with Crippen molar-refractivity contribution in [3.05, 3.63) is 22.4 Å². The number of hydrogen-bond donors (Lipinski definition) is 0. The molecule has 0 atom stereocenters. The summed E-state index contributed by atoms with van der Waals surface area (Å²) in [7, 11) is 0. The molecule has 0 radical (unpaired) electrons. The highest BCUT2D eigenvalue weighted by molar-refractivity contribution is 7.07. The predicted octanol–water partition coefficient (Wildman–Crippen LogP) is 5.91. The zero-order chi connectivity index (χ0) is 17.7. The van der Waals surface area contributed by atoms with Crippen LogP contribution in [0.1, 0.15) is 76.2 Å². The Morgan fingerprint density at radius 1 is 1.04 bits per heavy atom. The van der Waals surface area contributed by atoms with Gasteiger partial charge in [0.2, 0.25) is 0 Å². The molecular weight excluding hydrogens is 338 g/mol. The number of rotatable bonds is 7. The molecule has 146 valence electrons. The summed E-state index contributed by atoms with van der Waals surface area (Å²) in [5, 5.41) is 4.55. The fourth-order valence-corrected chi connectivity index (χ4v) is 6.31. The Labute approximate surface area is 164 Å². The number of ether oxygens (including phenoxy) is 1. The van der Waals surface area contributed by atoms with Crippen molar-refractivity contribution in [3.63, 3.8) is 0 Å². The lowest BCUT2D eigenvalue weighted by Gasteiger charge is -2.45. The molecule has 2 aliphatic carbocycles. The highest BCUT2D eigenvalue weighted by Crippen LogP contribution is 2.50. The van der Waals surface area contributed by atoms with Crippen molar-refractivity contribution in [3.8, 4) is 0 Å². The van der Waals surface area contributed by atoms with Crippen molar-refractivity contribution in [2.24, 2.45) is 11.3 Å². The molecule has 0 aromatic carbocycles. The van der Waals surface area contributed by atoms with E-state index in [2.05, 4.69) is 21.7 Å². The summed E-state index contributed by atoms with van der Waals surface area (Å²) in [5.41, 5.74) is 2.25. The molecule has 1 spiro atoms. The van der Waals surface area contributed by atoms with Crippen LogP contribution in [0.4, 0.5) is 0 Å². The molecule has 0 unspecified atom stereocenters. The largest absolute Gasteiger partial charge is 0.377 e. The van der Waals surface area contributed by atoms with Gasteiger partial charge in [0.25, 0.3) is 0 Å². The number of likely N-dealkylation sites (tertiary alicyclic amines) is 1. The van der Waals surface area contributed by atoms with Crippen LogP contribution in [0.5, 0.6) is 0 Å². The van der Waals surface area contributed by atoms with Gasteiger partial charge in [-0.25, -0.2) is 0 Å². The summed E-state index contributed by atoms with van der Waals surface area (Å²) in [4.78, 5) is 2.57. The molecule has 1 aromatic heterocycles. The summed E-state index contributed by atoms with van der Waals surface area (Å²) in [6, 6.07) is 2.31. The van der Waals surface area contributed by atoms with E-state index in [1.165, 1.54) is 90.1 Å². The summed E-state index contributed by atoms with van der Waals surface area (Å²) < 4.78 is 6.24. The van der Waals surface area contributed by atoms with Crippen LogP contribution in [-0.2, 0) is 11.2 Å². The van der Waals surface area contributed by atoms with Crippen molar-refractivity contribution in [2.45, 2.75) is 83.2 Å². The Morgan fingerprint density at radius 2 is 1.77 bits per heavy atom. The molecule has 0 N–H and O–H groups in total. The van der Waals surface area contributed by atoms with E-state index in [0.717, 1.165) is 19.1 Å². The van der Waals surface area contributed by atoms with Crippen LogP contribution in [-0.4, -0.2) is 37.2 Å². The Bertz CT molecular complexity index is 504. The molecule has 2 saturated carbocycles. The molecule has 3 fully saturated rings. The van der Waals surface area contributed by atoms with Crippen molar-refractivity contribution < 1.29 is 4.74 Å². The number of aryl methyl sites for hydroxylation is 1. The molecule has 1 aromatic rings. The second-order valence-electron chi connectivity index (χ2n) is 9.23. The summed E-state index contributed by atoms with van der Waals surface area (Å²) in [6.07, 6.45) is 17.5. The molecule has 0 bridgehead atoms. The third kappa shape index (κ3) is 5.11. The Kier molecular flexibility index (Phi) is 6.72. The van der Waals surface area contributed by atoms with Crippen LogP contribution in [0.15, 0.2) is 16.8 Å². The summed E-state index contributed by atoms with van der Waals surface area (Å²) >= 11 is 1.84. The van der Waals surface area contributed by atoms with E-state index in [-0.39, 0.29) is 0 Å². The smallest absolute Gasteiger partial charge is 0.0597 e. The van der Waals surface area contributed by atoms with Crippen molar-refractivity contribution in [1.82, 2.24) is 4.90 Å². The highest BCUT2D eigenvalue weighted by atomic mass is 32.1. The third-order valence-corrected chi connectivity index (χ3v) is 8.27. The Hall–Kier alpha value is -0.380. The van der Waals surface area contributed by atoms with E-state index < -0.39 is 0 Å². The fourth-order valence-electron chi connectivity index (χ4n) is 5.61. The lowest BCUT2D eigenvalue weighted by atomic mass is 9.62. The molecule has 3 aliphatic rings. The van der Waals surface area contributed by atoms with Gasteiger partial charge in [-0.1, -0.05) is 0 Å². The average Bonchev–Trinajstić information content (AvgIpc) is 3.37. The molecule has 3 heteroatoms. The van der Waals surface area contributed by atoms with Gasteiger partial charge in [0, 0.05) is 6.54 Å². The standard InChI is InChI=1S/C23H37NOS/c1-2-15-24(14-1)16-17-25-22-7-12-23(13-8-22)10-5-20(6-11-23)3-4-21-9-18-26-19-21/h9,18-20,22H,1-8,10-17H2. The maximum absolute atomic E-state index is 6.24. The van der Waals surface area contributed by atoms with Crippen molar-refractivity contribution in [1.29, 1.82) is 0 Å². The first kappa shape index (κ1) is 19.0. The van der Waals surface area contributed by atoms with E-state index in [1.54, 1.807) is 5.56 Å². The van der Waals surface area contributed by atoms with Crippen LogP contribution in [0.3, 0.4) is 0 Å². The summed E-state index contributed by atoms with van der Waals surface area (Å²) in [5.74, 6) is 0.981. The molecule has 26 heavy (non-hydrogen) atoms. The van der Waals surface area contributed by atoms with Crippen molar-refractivity contribution >= 4 is 11.3 Å².